The normalized spacial score (nSPS) is 13.4. The molecule has 0 spiro atoms. The van der Waals surface area contributed by atoms with Crippen LogP contribution in [0.25, 0.3) is 11.1 Å². The number of nitrogens with one attached hydrogen (secondary N) is 1. The molecule has 0 aliphatic carbocycles. The Morgan fingerprint density at radius 2 is 2.00 bits per heavy atom. The van der Waals surface area contributed by atoms with Crippen molar-refractivity contribution >= 4 is 5.82 Å². The van der Waals surface area contributed by atoms with Gasteiger partial charge in [0.15, 0.2) is 0 Å². The second kappa shape index (κ2) is 5.52. The Hall–Kier alpha value is -2.66. The van der Waals surface area contributed by atoms with Crippen molar-refractivity contribution in [1.82, 2.24) is 10.2 Å². The zero-order valence-electron chi connectivity index (χ0n) is 12.5. The number of H-pyrrole nitrogens is 1. The first-order valence-electron chi connectivity index (χ1n) is 7.51. The molecule has 2 heterocycles. The van der Waals surface area contributed by atoms with Gasteiger partial charge in [0.05, 0.1) is 12.8 Å². The number of aliphatic hydroxyl groups is 1. The molecule has 1 aliphatic rings. The van der Waals surface area contributed by atoms with Crippen molar-refractivity contribution in [1.29, 1.82) is 0 Å². The number of rotatable bonds is 3. The fourth-order valence-corrected chi connectivity index (χ4v) is 3.17. The van der Waals surface area contributed by atoms with Crippen LogP contribution in [0.5, 0.6) is 0 Å². The van der Waals surface area contributed by atoms with E-state index in [4.69, 9.17) is 0 Å². The maximum absolute atomic E-state index is 14.2. The Labute approximate surface area is 133 Å². The average molecular weight is 309 g/mol. The number of halogens is 1. The molecule has 0 fully saturated rings. The van der Waals surface area contributed by atoms with Gasteiger partial charge in [-0.25, -0.2) is 4.39 Å². The lowest BCUT2D eigenvalue weighted by atomic mass is 9.96. The fraction of sp³-hybridized carbons (Fsp3) is 0.167. The molecule has 0 saturated heterocycles. The van der Waals surface area contributed by atoms with E-state index in [0.717, 1.165) is 24.5 Å². The molecule has 0 bridgehead atoms. The van der Waals surface area contributed by atoms with Gasteiger partial charge in [0.1, 0.15) is 11.6 Å². The summed E-state index contributed by atoms with van der Waals surface area (Å²) in [5.74, 6) is 0.671. The number of hydrogen-bond acceptors (Lipinski definition) is 3. The first-order chi connectivity index (χ1) is 11.3. The molecular weight excluding hydrogens is 293 g/mol. The van der Waals surface area contributed by atoms with Crippen molar-refractivity contribution in [2.24, 2.45) is 0 Å². The Morgan fingerprint density at radius 3 is 2.78 bits per heavy atom. The van der Waals surface area contributed by atoms with Crippen molar-refractivity contribution in [2.45, 2.75) is 19.7 Å². The van der Waals surface area contributed by atoms with Crippen molar-refractivity contribution in [2.75, 3.05) is 4.90 Å². The standard InChI is InChI=1S/C18H16FN3O/c19-16-3-1-2-14(11-23)18(16)12-4-5-13-9-22(10-15(13)8-12)17-6-7-20-21-17/h1-8,23H,9-11H2,(H,20,21). The number of hydrogen-bond donors (Lipinski definition) is 2. The van der Waals surface area contributed by atoms with Gasteiger partial charge in [-0.15, -0.1) is 0 Å². The number of anilines is 1. The summed E-state index contributed by atoms with van der Waals surface area (Å²) in [7, 11) is 0. The lowest BCUT2D eigenvalue weighted by molar-refractivity contribution is 0.282. The molecule has 4 rings (SSSR count). The van der Waals surface area contributed by atoms with Crippen LogP contribution >= 0.6 is 0 Å². The highest BCUT2D eigenvalue weighted by atomic mass is 19.1. The summed E-state index contributed by atoms with van der Waals surface area (Å²) in [6.45, 7) is 1.39. The lowest BCUT2D eigenvalue weighted by Gasteiger charge is -2.13. The molecule has 0 amide bonds. The van der Waals surface area contributed by atoms with E-state index in [-0.39, 0.29) is 12.4 Å². The van der Waals surface area contributed by atoms with E-state index < -0.39 is 0 Å². The van der Waals surface area contributed by atoms with Crippen LogP contribution < -0.4 is 4.90 Å². The number of aliphatic hydroxyl groups excluding tert-OH is 1. The van der Waals surface area contributed by atoms with Gasteiger partial charge in [0.25, 0.3) is 0 Å². The summed E-state index contributed by atoms with van der Waals surface area (Å²) >= 11 is 0. The molecule has 0 atom stereocenters. The van der Waals surface area contributed by atoms with E-state index in [0.29, 0.717) is 11.1 Å². The molecule has 2 N–H and O–H groups in total. The van der Waals surface area contributed by atoms with Gasteiger partial charge in [-0.3, -0.25) is 5.10 Å². The van der Waals surface area contributed by atoms with Crippen LogP contribution in [0.2, 0.25) is 0 Å². The van der Waals surface area contributed by atoms with Gasteiger partial charge in [-0.2, -0.15) is 5.10 Å². The van der Waals surface area contributed by atoms with Crippen LogP contribution in [0.1, 0.15) is 16.7 Å². The summed E-state index contributed by atoms with van der Waals surface area (Å²) in [4.78, 5) is 2.19. The third-order valence-corrected chi connectivity index (χ3v) is 4.31. The van der Waals surface area contributed by atoms with Gasteiger partial charge >= 0.3 is 0 Å². The molecule has 23 heavy (non-hydrogen) atoms. The van der Waals surface area contributed by atoms with Crippen LogP contribution in [-0.4, -0.2) is 15.3 Å². The summed E-state index contributed by atoms with van der Waals surface area (Å²) in [5.41, 5.74) is 4.29. The quantitative estimate of drug-likeness (QED) is 0.781. The first kappa shape index (κ1) is 14.0. The molecule has 4 nitrogen and oxygen atoms in total. The molecule has 5 heteroatoms. The maximum atomic E-state index is 14.2. The fourth-order valence-electron chi connectivity index (χ4n) is 3.17. The minimum atomic E-state index is -0.306. The van der Waals surface area contributed by atoms with Crippen molar-refractivity contribution in [3.63, 3.8) is 0 Å². The predicted octanol–water partition coefficient (Wildman–Crippen LogP) is 3.23. The Balaban J connectivity index is 1.72. The summed E-state index contributed by atoms with van der Waals surface area (Å²) < 4.78 is 14.2. The molecule has 0 radical (unpaired) electrons. The van der Waals surface area contributed by atoms with E-state index in [1.165, 1.54) is 17.2 Å². The highest BCUT2D eigenvalue weighted by Gasteiger charge is 2.21. The smallest absolute Gasteiger partial charge is 0.131 e. The van der Waals surface area contributed by atoms with E-state index in [1.807, 2.05) is 24.3 Å². The highest BCUT2D eigenvalue weighted by Crippen LogP contribution is 2.33. The topological polar surface area (TPSA) is 52.1 Å². The van der Waals surface area contributed by atoms with Crippen LogP contribution in [-0.2, 0) is 19.7 Å². The second-order valence-corrected chi connectivity index (χ2v) is 5.71. The van der Waals surface area contributed by atoms with Gasteiger partial charge in [0.2, 0.25) is 0 Å². The molecule has 3 aromatic rings. The predicted molar refractivity (Wildman–Crippen MR) is 86.2 cm³/mol. The number of aromatic nitrogens is 2. The van der Waals surface area contributed by atoms with Crippen LogP contribution in [0.4, 0.5) is 10.2 Å². The highest BCUT2D eigenvalue weighted by molar-refractivity contribution is 5.70. The molecule has 1 aliphatic heterocycles. The number of fused-ring (bicyclic) bond motifs is 1. The van der Waals surface area contributed by atoms with Crippen molar-refractivity contribution < 1.29 is 9.50 Å². The molecule has 0 unspecified atom stereocenters. The van der Waals surface area contributed by atoms with Gasteiger partial charge < -0.3 is 10.0 Å². The Morgan fingerprint density at radius 1 is 1.13 bits per heavy atom. The maximum Gasteiger partial charge on any atom is 0.131 e. The molecule has 0 saturated carbocycles. The molecule has 2 aromatic carbocycles. The third kappa shape index (κ3) is 2.39. The minimum absolute atomic E-state index is 0.176. The number of benzene rings is 2. The Bertz CT molecular complexity index is 845. The molecular formula is C18H16FN3O. The van der Waals surface area contributed by atoms with Crippen LogP contribution in [0.15, 0.2) is 48.7 Å². The second-order valence-electron chi connectivity index (χ2n) is 5.71. The van der Waals surface area contributed by atoms with Crippen LogP contribution in [0, 0.1) is 5.82 Å². The zero-order valence-corrected chi connectivity index (χ0v) is 12.5. The van der Waals surface area contributed by atoms with E-state index in [9.17, 15) is 9.50 Å². The average Bonchev–Trinajstić information content (AvgIpc) is 3.22. The van der Waals surface area contributed by atoms with Gasteiger partial charge in [-0.1, -0.05) is 24.3 Å². The van der Waals surface area contributed by atoms with E-state index >= 15 is 0 Å². The van der Waals surface area contributed by atoms with Crippen molar-refractivity contribution in [3.05, 3.63) is 71.2 Å². The SMILES string of the molecule is OCc1cccc(F)c1-c1ccc2c(c1)CN(c1ccn[nH]1)C2. The van der Waals surface area contributed by atoms with E-state index in [1.54, 1.807) is 18.3 Å². The summed E-state index contributed by atoms with van der Waals surface area (Å²) in [6.07, 6.45) is 1.73. The largest absolute Gasteiger partial charge is 0.392 e. The van der Waals surface area contributed by atoms with Crippen LogP contribution in [0.3, 0.4) is 0 Å². The Kier molecular flexibility index (Phi) is 3.35. The van der Waals surface area contributed by atoms with E-state index in [2.05, 4.69) is 15.1 Å². The molecule has 1 aromatic heterocycles. The van der Waals surface area contributed by atoms with Gasteiger partial charge in [-0.05, 0) is 34.4 Å². The monoisotopic (exact) mass is 309 g/mol. The van der Waals surface area contributed by atoms with Gasteiger partial charge in [0, 0.05) is 24.7 Å². The third-order valence-electron chi connectivity index (χ3n) is 4.31. The lowest BCUT2D eigenvalue weighted by Crippen LogP contribution is -2.14. The summed E-state index contributed by atoms with van der Waals surface area (Å²) in [5, 5.41) is 16.4. The first-order valence-corrected chi connectivity index (χ1v) is 7.51. The van der Waals surface area contributed by atoms with Crippen molar-refractivity contribution in [3.8, 4) is 11.1 Å². The molecule has 116 valence electrons. The summed E-state index contributed by atoms with van der Waals surface area (Å²) in [6, 6.07) is 12.7. The number of aromatic amines is 1. The number of nitrogens with zero attached hydrogens (tertiary/aromatic N) is 2. The minimum Gasteiger partial charge on any atom is -0.392 e. The zero-order chi connectivity index (χ0) is 15.8.